The number of aromatic nitrogens is 2. The van der Waals surface area contributed by atoms with Crippen LogP contribution in [0.3, 0.4) is 0 Å². The summed E-state index contributed by atoms with van der Waals surface area (Å²) in [7, 11) is 3.29. The lowest BCUT2D eigenvalue weighted by Gasteiger charge is -2.20. The lowest BCUT2D eigenvalue weighted by atomic mass is 10.0. The van der Waals surface area contributed by atoms with Crippen molar-refractivity contribution in [3.63, 3.8) is 0 Å². The van der Waals surface area contributed by atoms with Gasteiger partial charge in [-0.05, 0) is 87.0 Å². The van der Waals surface area contributed by atoms with Crippen LogP contribution in [0.15, 0.2) is 66.9 Å². The smallest absolute Gasteiger partial charge is 0.412 e. The Morgan fingerprint density at radius 1 is 0.892 bits per heavy atom. The van der Waals surface area contributed by atoms with Crippen LogP contribution in [0.1, 0.15) is 38.6 Å². The first-order valence-electron chi connectivity index (χ1n) is 12.3. The Labute approximate surface area is 217 Å². The van der Waals surface area contributed by atoms with Gasteiger partial charge in [0.2, 0.25) is 0 Å². The number of benzene rings is 3. The number of carbonyl (C=O) groups is 1. The highest BCUT2D eigenvalue weighted by Gasteiger charge is 2.18. The number of hydrogen-bond acceptors (Lipinski definition) is 6. The van der Waals surface area contributed by atoms with Crippen LogP contribution in [-0.4, -0.2) is 35.9 Å². The normalized spacial score (nSPS) is 11.3. The number of anilines is 1. The zero-order chi connectivity index (χ0) is 26.4. The molecule has 7 heteroatoms. The Balaban J connectivity index is 1.57. The number of nitrogens with zero attached hydrogens (tertiary/aromatic N) is 2. The minimum Gasteiger partial charge on any atom is -0.497 e. The van der Waals surface area contributed by atoms with Gasteiger partial charge in [-0.1, -0.05) is 18.2 Å². The Morgan fingerprint density at radius 3 is 2.32 bits per heavy atom. The summed E-state index contributed by atoms with van der Waals surface area (Å²) in [5.41, 5.74) is 2.93. The summed E-state index contributed by atoms with van der Waals surface area (Å²) in [4.78, 5) is 21.9. The number of aryl methyl sites for hydroxylation is 2. The van der Waals surface area contributed by atoms with Crippen LogP contribution in [0.2, 0.25) is 0 Å². The zero-order valence-electron chi connectivity index (χ0n) is 22.0. The van der Waals surface area contributed by atoms with Gasteiger partial charge in [-0.15, -0.1) is 0 Å². The highest BCUT2D eigenvalue weighted by Crippen LogP contribution is 2.33. The molecule has 192 valence electrons. The van der Waals surface area contributed by atoms with Crippen LogP contribution in [-0.2, 0) is 17.6 Å². The van der Waals surface area contributed by atoms with Crippen molar-refractivity contribution in [2.45, 2.75) is 45.6 Å². The highest BCUT2D eigenvalue weighted by molar-refractivity contribution is 6.03. The molecule has 0 radical (unpaired) electrons. The third-order valence-electron chi connectivity index (χ3n) is 5.82. The fourth-order valence-electron chi connectivity index (χ4n) is 4.05. The second-order valence-electron chi connectivity index (χ2n) is 9.80. The Kier molecular flexibility index (Phi) is 7.92. The van der Waals surface area contributed by atoms with E-state index < -0.39 is 11.7 Å². The molecule has 0 saturated heterocycles. The van der Waals surface area contributed by atoms with Gasteiger partial charge in [0, 0.05) is 23.6 Å². The van der Waals surface area contributed by atoms with Gasteiger partial charge in [0.1, 0.15) is 22.9 Å². The van der Waals surface area contributed by atoms with E-state index >= 15 is 0 Å². The van der Waals surface area contributed by atoms with Crippen molar-refractivity contribution < 1.29 is 19.0 Å². The average Bonchev–Trinajstić information content (AvgIpc) is 2.88. The molecule has 1 amide bonds. The molecule has 4 rings (SSSR count). The van der Waals surface area contributed by atoms with Crippen LogP contribution in [0, 0.1) is 0 Å². The predicted octanol–water partition coefficient (Wildman–Crippen LogP) is 6.84. The molecule has 0 aliphatic carbocycles. The van der Waals surface area contributed by atoms with Gasteiger partial charge in [0.05, 0.1) is 25.6 Å². The topological polar surface area (TPSA) is 82.6 Å². The summed E-state index contributed by atoms with van der Waals surface area (Å²) in [6.45, 7) is 5.50. The van der Waals surface area contributed by atoms with Crippen molar-refractivity contribution in [2.75, 3.05) is 19.5 Å². The minimum atomic E-state index is -0.609. The van der Waals surface area contributed by atoms with Gasteiger partial charge in [-0.2, -0.15) is 0 Å². The molecule has 1 N–H and O–H groups in total. The van der Waals surface area contributed by atoms with E-state index in [0.717, 1.165) is 52.9 Å². The van der Waals surface area contributed by atoms with E-state index in [2.05, 4.69) is 28.5 Å². The lowest BCUT2D eigenvalue weighted by molar-refractivity contribution is 0.0636. The van der Waals surface area contributed by atoms with E-state index in [9.17, 15) is 4.79 Å². The number of amides is 1. The number of nitrogens with one attached hydrogen (secondary N) is 1. The molecule has 4 aromatic rings. The average molecular weight is 500 g/mol. The second-order valence-corrected chi connectivity index (χ2v) is 9.80. The van der Waals surface area contributed by atoms with Crippen molar-refractivity contribution in [1.82, 2.24) is 9.97 Å². The maximum Gasteiger partial charge on any atom is 0.412 e. The van der Waals surface area contributed by atoms with Crippen molar-refractivity contribution >= 4 is 22.6 Å². The van der Waals surface area contributed by atoms with Crippen LogP contribution in [0.25, 0.3) is 22.0 Å². The van der Waals surface area contributed by atoms with E-state index in [-0.39, 0.29) is 0 Å². The van der Waals surface area contributed by atoms with Gasteiger partial charge in [-0.25, -0.2) is 14.8 Å². The van der Waals surface area contributed by atoms with Gasteiger partial charge in [-0.3, -0.25) is 5.32 Å². The first kappa shape index (κ1) is 25.9. The van der Waals surface area contributed by atoms with E-state index in [1.807, 2.05) is 63.2 Å². The standard InChI is InChI=1S/C30H33N3O4/c1-30(2,3)37-29(34)33-27-18-22(17-21-11-14-24(36-5)19-25(21)27)26-15-16-31-28(32-26)8-6-7-20-9-12-23(35-4)13-10-20/h9-19H,6-8H2,1-5H3,(H,33,34). The van der Waals surface area contributed by atoms with E-state index in [1.54, 1.807) is 20.4 Å². The first-order chi connectivity index (χ1) is 17.7. The van der Waals surface area contributed by atoms with Crippen molar-refractivity contribution in [1.29, 1.82) is 0 Å². The fourth-order valence-corrected chi connectivity index (χ4v) is 4.05. The third-order valence-corrected chi connectivity index (χ3v) is 5.82. The minimum absolute atomic E-state index is 0.518. The Hall–Kier alpha value is -4.13. The van der Waals surface area contributed by atoms with Crippen molar-refractivity contribution in [2.24, 2.45) is 0 Å². The van der Waals surface area contributed by atoms with Gasteiger partial charge in [0.15, 0.2) is 0 Å². The summed E-state index contributed by atoms with van der Waals surface area (Å²) in [5.74, 6) is 2.34. The van der Waals surface area contributed by atoms with Crippen LogP contribution in [0.4, 0.5) is 10.5 Å². The number of rotatable bonds is 8. The zero-order valence-corrected chi connectivity index (χ0v) is 22.0. The Bertz CT molecular complexity index is 1380. The molecule has 0 unspecified atom stereocenters. The summed E-state index contributed by atoms with van der Waals surface area (Å²) < 4.78 is 16.1. The molecule has 1 aromatic heterocycles. The molecule has 3 aromatic carbocycles. The number of fused-ring (bicyclic) bond motifs is 1. The van der Waals surface area contributed by atoms with Gasteiger partial charge >= 0.3 is 6.09 Å². The molecule has 0 saturated carbocycles. The van der Waals surface area contributed by atoms with Gasteiger partial charge < -0.3 is 14.2 Å². The first-order valence-corrected chi connectivity index (χ1v) is 12.3. The van der Waals surface area contributed by atoms with Crippen molar-refractivity contribution in [3.05, 3.63) is 78.2 Å². The van der Waals surface area contributed by atoms with Gasteiger partial charge in [0.25, 0.3) is 0 Å². The maximum atomic E-state index is 12.6. The molecule has 0 bridgehead atoms. The quantitative estimate of drug-likeness (QED) is 0.286. The molecule has 37 heavy (non-hydrogen) atoms. The SMILES string of the molecule is COc1ccc(CCCc2nccc(-c3cc(NC(=O)OC(C)(C)C)c4cc(OC)ccc4c3)n2)cc1. The molecule has 0 aliphatic rings. The number of hydrogen-bond donors (Lipinski definition) is 1. The van der Waals surface area contributed by atoms with E-state index in [0.29, 0.717) is 11.4 Å². The Morgan fingerprint density at radius 2 is 1.62 bits per heavy atom. The number of methoxy groups -OCH3 is 2. The lowest BCUT2D eigenvalue weighted by Crippen LogP contribution is -2.27. The second kappa shape index (κ2) is 11.3. The summed E-state index contributed by atoms with van der Waals surface area (Å²) in [6, 6.07) is 19.7. The summed E-state index contributed by atoms with van der Waals surface area (Å²) in [6.07, 6.45) is 3.88. The monoisotopic (exact) mass is 499 g/mol. The molecule has 0 fully saturated rings. The fraction of sp³-hybridized carbons (Fsp3) is 0.300. The molecule has 7 nitrogen and oxygen atoms in total. The van der Waals surface area contributed by atoms with Crippen LogP contribution < -0.4 is 14.8 Å². The molecular formula is C30H33N3O4. The van der Waals surface area contributed by atoms with Crippen LogP contribution >= 0.6 is 0 Å². The highest BCUT2D eigenvalue weighted by atomic mass is 16.6. The summed E-state index contributed by atoms with van der Waals surface area (Å²) in [5, 5.41) is 4.71. The maximum absolute atomic E-state index is 12.6. The largest absolute Gasteiger partial charge is 0.497 e. The van der Waals surface area contributed by atoms with Crippen LogP contribution in [0.5, 0.6) is 11.5 Å². The third kappa shape index (κ3) is 6.97. The molecule has 1 heterocycles. The molecule has 0 aliphatic heterocycles. The molecule has 0 spiro atoms. The number of ether oxygens (including phenoxy) is 3. The number of carbonyl (C=O) groups excluding carboxylic acids is 1. The van der Waals surface area contributed by atoms with E-state index in [1.165, 1.54) is 5.56 Å². The van der Waals surface area contributed by atoms with Crippen molar-refractivity contribution in [3.8, 4) is 22.8 Å². The molecular weight excluding hydrogens is 466 g/mol. The van der Waals surface area contributed by atoms with E-state index in [4.69, 9.17) is 19.2 Å². The summed E-state index contributed by atoms with van der Waals surface area (Å²) >= 11 is 0. The molecule has 0 atom stereocenters. The predicted molar refractivity (Wildman–Crippen MR) is 146 cm³/mol.